The first kappa shape index (κ1) is 11.0. The third-order valence-electron chi connectivity index (χ3n) is 1.33. The largest absolute Gasteiger partial charge is 0.507 e. The lowest BCUT2D eigenvalue weighted by Crippen LogP contribution is -2.10. The standard InChI is InChI=1S/C9H16O3/c1-4-5-6-8(2)7-12-9(10)11-3/h5-6,8H,4,7H2,1-3H3. The number of hydrogen-bond acceptors (Lipinski definition) is 3. The zero-order valence-electron chi connectivity index (χ0n) is 7.87. The van der Waals surface area contributed by atoms with Gasteiger partial charge < -0.3 is 9.47 Å². The number of carbonyl (C=O) groups is 1. The summed E-state index contributed by atoms with van der Waals surface area (Å²) in [6, 6.07) is 0. The summed E-state index contributed by atoms with van der Waals surface area (Å²) in [6.07, 6.45) is 4.45. The van der Waals surface area contributed by atoms with Gasteiger partial charge in [0.2, 0.25) is 0 Å². The van der Waals surface area contributed by atoms with E-state index < -0.39 is 6.16 Å². The molecule has 0 heterocycles. The molecule has 3 heteroatoms. The maximum Gasteiger partial charge on any atom is 0.507 e. The minimum atomic E-state index is -0.619. The molecule has 0 fully saturated rings. The second kappa shape index (κ2) is 6.70. The Bertz CT molecular complexity index is 152. The van der Waals surface area contributed by atoms with Crippen LogP contribution in [-0.2, 0) is 9.47 Å². The predicted molar refractivity (Wildman–Crippen MR) is 47.0 cm³/mol. The van der Waals surface area contributed by atoms with E-state index in [1.807, 2.05) is 19.1 Å². The molecule has 0 N–H and O–H groups in total. The summed E-state index contributed by atoms with van der Waals surface area (Å²) in [7, 11) is 1.30. The number of ether oxygens (including phenoxy) is 2. The van der Waals surface area contributed by atoms with E-state index in [2.05, 4.69) is 11.7 Å². The Morgan fingerprint density at radius 1 is 1.58 bits per heavy atom. The van der Waals surface area contributed by atoms with E-state index in [1.165, 1.54) is 7.11 Å². The molecule has 0 bridgehead atoms. The molecule has 1 unspecified atom stereocenters. The van der Waals surface area contributed by atoms with Crippen LogP contribution in [0.15, 0.2) is 12.2 Å². The van der Waals surface area contributed by atoms with Gasteiger partial charge in [0.15, 0.2) is 0 Å². The van der Waals surface area contributed by atoms with Crippen LogP contribution < -0.4 is 0 Å². The normalized spacial score (nSPS) is 12.9. The highest BCUT2D eigenvalue weighted by molar-refractivity contribution is 5.59. The molecule has 0 saturated heterocycles. The number of allylic oxidation sites excluding steroid dienone is 1. The first-order valence-electron chi connectivity index (χ1n) is 4.08. The summed E-state index contributed by atoms with van der Waals surface area (Å²) in [5.74, 6) is 0.254. The number of carbonyl (C=O) groups excluding carboxylic acids is 1. The quantitative estimate of drug-likeness (QED) is 0.482. The predicted octanol–water partition coefficient (Wildman–Crippen LogP) is 2.37. The molecule has 0 rings (SSSR count). The Morgan fingerprint density at radius 3 is 2.75 bits per heavy atom. The van der Waals surface area contributed by atoms with Gasteiger partial charge in [-0.05, 0) is 6.42 Å². The van der Waals surface area contributed by atoms with Crippen molar-refractivity contribution in [1.29, 1.82) is 0 Å². The van der Waals surface area contributed by atoms with Crippen LogP contribution in [0, 0.1) is 5.92 Å². The number of hydrogen-bond donors (Lipinski definition) is 0. The van der Waals surface area contributed by atoms with E-state index in [4.69, 9.17) is 4.74 Å². The third-order valence-corrected chi connectivity index (χ3v) is 1.33. The van der Waals surface area contributed by atoms with Gasteiger partial charge in [-0.25, -0.2) is 4.79 Å². The molecule has 0 aromatic heterocycles. The average molecular weight is 172 g/mol. The topological polar surface area (TPSA) is 35.5 Å². The summed E-state index contributed by atoms with van der Waals surface area (Å²) in [6.45, 7) is 4.42. The Hall–Kier alpha value is -0.990. The van der Waals surface area contributed by atoms with Crippen molar-refractivity contribution in [2.24, 2.45) is 5.92 Å². The maximum absolute atomic E-state index is 10.5. The third kappa shape index (κ3) is 5.77. The average Bonchev–Trinajstić information content (AvgIpc) is 2.10. The van der Waals surface area contributed by atoms with Gasteiger partial charge in [-0.2, -0.15) is 0 Å². The highest BCUT2D eigenvalue weighted by Gasteiger charge is 2.02. The minimum absolute atomic E-state index is 0.254. The van der Waals surface area contributed by atoms with Crippen LogP contribution in [0.4, 0.5) is 4.79 Å². The molecule has 0 radical (unpaired) electrons. The van der Waals surface area contributed by atoms with Gasteiger partial charge in [0.05, 0.1) is 7.11 Å². The second-order valence-corrected chi connectivity index (χ2v) is 2.58. The second-order valence-electron chi connectivity index (χ2n) is 2.58. The maximum atomic E-state index is 10.5. The van der Waals surface area contributed by atoms with Gasteiger partial charge in [-0.1, -0.05) is 26.0 Å². The van der Waals surface area contributed by atoms with E-state index in [-0.39, 0.29) is 5.92 Å². The van der Waals surface area contributed by atoms with E-state index in [0.29, 0.717) is 6.61 Å². The van der Waals surface area contributed by atoms with E-state index in [0.717, 1.165) is 6.42 Å². The Balaban J connectivity index is 3.49. The molecule has 0 aromatic carbocycles. The number of rotatable bonds is 4. The molecule has 70 valence electrons. The summed E-state index contributed by atoms with van der Waals surface area (Å²) in [4.78, 5) is 10.5. The molecule has 0 aromatic rings. The van der Waals surface area contributed by atoms with Gasteiger partial charge >= 0.3 is 6.16 Å². The van der Waals surface area contributed by atoms with Gasteiger partial charge in [-0.3, -0.25) is 0 Å². The lowest BCUT2D eigenvalue weighted by Gasteiger charge is -2.05. The summed E-state index contributed by atoms with van der Waals surface area (Å²) < 4.78 is 9.06. The Kier molecular flexibility index (Phi) is 6.15. The molecular weight excluding hydrogens is 156 g/mol. The zero-order chi connectivity index (χ0) is 9.40. The van der Waals surface area contributed by atoms with Gasteiger partial charge in [0.1, 0.15) is 6.61 Å². The smallest absolute Gasteiger partial charge is 0.438 e. The van der Waals surface area contributed by atoms with Crippen molar-refractivity contribution in [2.45, 2.75) is 20.3 Å². The van der Waals surface area contributed by atoms with E-state index >= 15 is 0 Å². The van der Waals surface area contributed by atoms with Gasteiger partial charge in [0, 0.05) is 5.92 Å². The molecule has 0 aliphatic rings. The zero-order valence-corrected chi connectivity index (χ0v) is 7.87. The highest BCUT2D eigenvalue weighted by atomic mass is 16.7. The number of methoxy groups -OCH3 is 1. The fraction of sp³-hybridized carbons (Fsp3) is 0.667. The molecular formula is C9H16O3. The highest BCUT2D eigenvalue weighted by Crippen LogP contribution is 1.99. The van der Waals surface area contributed by atoms with Crippen LogP contribution in [0.1, 0.15) is 20.3 Å². The fourth-order valence-electron chi connectivity index (χ4n) is 0.682. The lowest BCUT2D eigenvalue weighted by molar-refractivity contribution is 0.0664. The van der Waals surface area contributed by atoms with Crippen LogP contribution in [0.3, 0.4) is 0 Å². The van der Waals surface area contributed by atoms with Crippen molar-refractivity contribution < 1.29 is 14.3 Å². The van der Waals surface area contributed by atoms with Crippen LogP contribution in [0.5, 0.6) is 0 Å². The molecule has 0 aliphatic heterocycles. The van der Waals surface area contributed by atoms with Crippen molar-refractivity contribution >= 4 is 6.16 Å². The molecule has 3 nitrogen and oxygen atoms in total. The van der Waals surface area contributed by atoms with Crippen molar-refractivity contribution in [2.75, 3.05) is 13.7 Å². The summed E-state index contributed by atoms with van der Waals surface area (Å²) in [5, 5.41) is 0. The summed E-state index contributed by atoms with van der Waals surface area (Å²) >= 11 is 0. The molecule has 0 spiro atoms. The van der Waals surface area contributed by atoms with Crippen molar-refractivity contribution in [1.82, 2.24) is 0 Å². The van der Waals surface area contributed by atoms with Crippen LogP contribution in [0.25, 0.3) is 0 Å². The first-order valence-corrected chi connectivity index (χ1v) is 4.08. The minimum Gasteiger partial charge on any atom is -0.438 e. The first-order chi connectivity index (χ1) is 5.70. The molecule has 12 heavy (non-hydrogen) atoms. The van der Waals surface area contributed by atoms with Crippen molar-refractivity contribution in [3.05, 3.63) is 12.2 Å². The molecule has 0 saturated carbocycles. The van der Waals surface area contributed by atoms with E-state index in [9.17, 15) is 4.79 Å². The van der Waals surface area contributed by atoms with E-state index in [1.54, 1.807) is 0 Å². The molecule has 0 amide bonds. The van der Waals surface area contributed by atoms with Gasteiger partial charge in [-0.15, -0.1) is 0 Å². The lowest BCUT2D eigenvalue weighted by atomic mass is 10.2. The monoisotopic (exact) mass is 172 g/mol. The fourth-order valence-corrected chi connectivity index (χ4v) is 0.682. The van der Waals surface area contributed by atoms with Crippen LogP contribution in [0.2, 0.25) is 0 Å². The SMILES string of the molecule is CCC=CC(C)COC(=O)OC. The molecule has 0 aliphatic carbocycles. The Labute approximate surface area is 73.4 Å². The van der Waals surface area contributed by atoms with Crippen LogP contribution >= 0.6 is 0 Å². The molecule has 1 atom stereocenters. The van der Waals surface area contributed by atoms with Crippen molar-refractivity contribution in [3.63, 3.8) is 0 Å². The van der Waals surface area contributed by atoms with Crippen molar-refractivity contribution in [3.8, 4) is 0 Å². The Morgan fingerprint density at radius 2 is 2.25 bits per heavy atom. The summed E-state index contributed by atoms with van der Waals surface area (Å²) in [5.41, 5.74) is 0. The van der Waals surface area contributed by atoms with Gasteiger partial charge in [0.25, 0.3) is 0 Å². The van der Waals surface area contributed by atoms with Crippen LogP contribution in [-0.4, -0.2) is 19.9 Å².